The molecular formula is C24H27N3O3. The first-order valence-electron chi connectivity index (χ1n) is 10.7. The second kappa shape index (κ2) is 9.11. The monoisotopic (exact) mass is 405 g/mol. The quantitative estimate of drug-likeness (QED) is 0.667. The van der Waals surface area contributed by atoms with Crippen LogP contribution in [-0.2, 0) is 4.79 Å². The Balaban J connectivity index is 1.22. The zero-order valence-electron chi connectivity index (χ0n) is 17.0. The normalized spacial score (nSPS) is 16.5. The summed E-state index contributed by atoms with van der Waals surface area (Å²) >= 11 is 0. The van der Waals surface area contributed by atoms with Gasteiger partial charge in [0, 0.05) is 30.4 Å². The average Bonchev–Trinajstić information content (AvgIpc) is 3.01. The van der Waals surface area contributed by atoms with Gasteiger partial charge in [0.2, 0.25) is 5.91 Å². The molecule has 2 aromatic rings. The largest absolute Gasteiger partial charge is 0.382 e. The molecule has 1 aliphatic carbocycles. The third-order valence-corrected chi connectivity index (χ3v) is 5.81. The molecule has 4 rings (SSSR count). The van der Waals surface area contributed by atoms with E-state index in [0.29, 0.717) is 23.6 Å². The average molecular weight is 405 g/mol. The lowest BCUT2D eigenvalue weighted by molar-refractivity contribution is -0.116. The summed E-state index contributed by atoms with van der Waals surface area (Å²) in [6.45, 7) is 0.240. The number of carbonyl (C=O) groups excluding carboxylic acids is 3. The Labute approximate surface area is 176 Å². The molecule has 2 N–H and O–H groups in total. The Morgan fingerprint density at radius 2 is 1.47 bits per heavy atom. The van der Waals surface area contributed by atoms with Gasteiger partial charge in [-0.1, -0.05) is 31.4 Å². The molecule has 0 radical (unpaired) electrons. The van der Waals surface area contributed by atoms with E-state index in [-0.39, 0.29) is 30.7 Å². The molecule has 6 heteroatoms. The van der Waals surface area contributed by atoms with Crippen LogP contribution in [-0.4, -0.2) is 35.2 Å². The number of hydrogen-bond donors (Lipinski definition) is 2. The summed E-state index contributed by atoms with van der Waals surface area (Å²) in [5, 5.41) is 6.44. The van der Waals surface area contributed by atoms with Crippen LogP contribution in [0.4, 0.5) is 11.4 Å². The highest BCUT2D eigenvalue weighted by Crippen LogP contribution is 2.24. The molecule has 0 unspecified atom stereocenters. The third kappa shape index (κ3) is 4.53. The van der Waals surface area contributed by atoms with Crippen molar-refractivity contribution in [3.8, 4) is 0 Å². The number of fused-ring (bicyclic) bond motifs is 1. The Bertz CT molecular complexity index is 898. The molecule has 0 bridgehead atoms. The van der Waals surface area contributed by atoms with Gasteiger partial charge in [-0.3, -0.25) is 19.3 Å². The van der Waals surface area contributed by atoms with Crippen LogP contribution in [0.5, 0.6) is 0 Å². The van der Waals surface area contributed by atoms with Crippen LogP contribution >= 0.6 is 0 Å². The smallest absolute Gasteiger partial charge is 0.261 e. The molecule has 0 spiro atoms. The van der Waals surface area contributed by atoms with E-state index in [2.05, 4.69) is 10.6 Å². The molecular weight excluding hydrogens is 378 g/mol. The molecule has 2 aromatic carbocycles. The minimum Gasteiger partial charge on any atom is -0.382 e. The van der Waals surface area contributed by atoms with Gasteiger partial charge in [-0.15, -0.1) is 0 Å². The van der Waals surface area contributed by atoms with Crippen LogP contribution in [0.1, 0.15) is 65.7 Å². The van der Waals surface area contributed by atoms with Gasteiger partial charge in [-0.2, -0.15) is 0 Å². The Hall–Kier alpha value is -3.15. The van der Waals surface area contributed by atoms with Crippen molar-refractivity contribution in [1.29, 1.82) is 0 Å². The lowest BCUT2D eigenvalue weighted by Gasteiger charge is -2.23. The minimum atomic E-state index is -0.280. The van der Waals surface area contributed by atoms with Gasteiger partial charge < -0.3 is 10.6 Å². The summed E-state index contributed by atoms with van der Waals surface area (Å²) in [5.41, 5.74) is 2.70. The van der Waals surface area contributed by atoms with E-state index in [1.807, 2.05) is 24.3 Å². The summed E-state index contributed by atoms with van der Waals surface area (Å²) in [6.07, 6.45) is 7.00. The molecule has 1 aliphatic heterocycles. The van der Waals surface area contributed by atoms with Crippen LogP contribution in [0, 0.1) is 0 Å². The van der Waals surface area contributed by atoms with E-state index in [1.165, 1.54) is 37.0 Å². The van der Waals surface area contributed by atoms with Gasteiger partial charge in [0.25, 0.3) is 11.8 Å². The Kier molecular flexibility index (Phi) is 6.12. The maximum absolute atomic E-state index is 12.3. The molecule has 0 saturated heterocycles. The van der Waals surface area contributed by atoms with Crippen LogP contribution < -0.4 is 10.6 Å². The van der Waals surface area contributed by atoms with Crippen LogP contribution in [0.15, 0.2) is 48.5 Å². The van der Waals surface area contributed by atoms with Crippen LogP contribution in [0.2, 0.25) is 0 Å². The van der Waals surface area contributed by atoms with Crippen molar-refractivity contribution in [3.63, 3.8) is 0 Å². The lowest BCUT2D eigenvalue weighted by atomic mass is 9.95. The summed E-state index contributed by atoms with van der Waals surface area (Å²) < 4.78 is 0. The number of rotatable bonds is 7. The molecule has 2 aliphatic rings. The van der Waals surface area contributed by atoms with E-state index >= 15 is 0 Å². The lowest BCUT2D eigenvalue weighted by Crippen LogP contribution is -2.31. The van der Waals surface area contributed by atoms with E-state index in [0.717, 1.165) is 11.4 Å². The molecule has 6 nitrogen and oxygen atoms in total. The topological polar surface area (TPSA) is 78.5 Å². The predicted molar refractivity (Wildman–Crippen MR) is 117 cm³/mol. The second-order valence-electron chi connectivity index (χ2n) is 8.02. The summed E-state index contributed by atoms with van der Waals surface area (Å²) in [5.74, 6) is -0.686. The van der Waals surface area contributed by atoms with Crippen LogP contribution in [0.25, 0.3) is 0 Å². The molecule has 3 amide bonds. The first-order chi connectivity index (χ1) is 14.6. The zero-order valence-corrected chi connectivity index (χ0v) is 17.0. The van der Waals surface area contributed by atoms with Gasteiger partial charge in [0.1, 0.15) is 0 Å². The van der Waals surface area contributed by atoms with E-state index < -0.39 is 0 Å². The van der Waals surface area contributed by atoms with E-state index in [9.17, 15) is 14.4 Å². The molecule has 0 atom stereocenters. The number of nitrogens with zero attached hydrogens (tertiary/aromatic N) is 1. The number of benzene rings is 2. The maximum Gasteiger partial charge on any atom is 0.261 e. The van der Waals surface area contributed by atoms with Gasteiger partial charge in [0.15, 0.2) is 0 Å². The van der Waals surface area contributed by atoms with Gasteiger partial charge >= 0.3 is 0 Å². The first kappa shape index (κ1) is 20.1. The third-order valence-electron chi connectivity index (χ3n) is 5.81. The zero-order chi connectivity index (χ0) is 20.9. The highest BCUT2D eigenvalue weighted by atomic mass is 16.2. The Morgan fingerprint density at radius 3 is 2.10 bits per heavy atom. The van der Waals surface area contributed by atoms with Crippen molar-refractivity contribution in [2.75, 3.05) is 17.2 Å². The summed E-state index contributed by atoms with van der Waals surface area (Å²) in [7, 11) is 0. The summed E-state index contributed by atoms with van der Waals surface area (Å²) in [4.78, 5) is 38.2. The molecule has 30 heavy (non-hydrogen) atoms. The van der Waals surface area contributed by atoms with Gasteiger partial charge in [-0.05, 0) is 55.7 Å². The fourth-order valence-corrected chi connectivity index (χ4v) is 4.20. The van der Waals surface area contributed by atoms with Crippen molar-refractivity contribution in [2.45, 2.75) is 51.0 Å². The van der Waals surface area contributed by atoms with Crippen LogP contribution in [0.3, 0.4) is 0 Å². The highest BCUT2D eigenvalue weighted by molar-refractivity contribution is 6.21. The SMILES string of the molecule is O=C(CCCN1C(=O)c2ccccc2C1=O)Nc1ccc(NC2CCCCC2)cc1. The molecule has 1 saturated carbocycles. The minimum absolute atomic E-state index is 0.125. The van der Waals surface area contributed by atoms with Crippen molar-refractivity contribution >= 4 is 29.1 Å². The standard InChI is InChI=1S/C24H27N3O3/c28-22(11-6-16-27-23(29)20-9-4-5-10-21(20)24(27)30)26-19-14-12-18(13-15-19)25-17-7-2-1-3-8-17/h4-5,9-10,12-15,17,25H,1-3,6-8,11,16H2,(H,26,28). The second-order valence-corrected chi connectivity index (χ2v) is 8.02. The number of amides is 3. The number of hydrogen-bond acceptors (Lipinski definition) is 4. The number of imide groups is 1. The van der Waals surface area contributed by atoms with E-state index in [1.54, 1.807) is 24.3 Å². The maximum atomic E-state index is 12.3. The van der Waals surface area contributed by atoms with Crippen molar-refractivity contribution in [2.24, 2.45) is 0 Å². The first-order valence-corrected chi connectivity index (χ1v) is 10.7. The molecule has 1 fully saturated rings. The van der Waals surface area contributed by atoms with Crippen molar-refractivity contribution < 1.29 is 14.4 Å². The van der Waals surface area contributed by atoms with Gasteiger partial charge in [0.05, 0.1) is 11.1 Å². The summed E-state index contributed by atoms with van der Waals surface area (Å²) in [6, 6.07) is 15.1. The Morgan fingerprint density at radius 1 is 0.867 bits per heavy atom. The van der Waals surface area contributed by atoms with Crippen molar-refractivity contribution in [1.82, 2.24) is 4.90 Å². The fraction of sp³-hybridized carbons (Fsp3) is 0.375. The number of anilines is 2. The molecule has 156 valence electrons. The highest BCUT2D eigenvalue weighted by Gasteiger charge is 2.34. The van der Waals surface area contributed by atoms with Gasteiger partial charge in [-0.25, -0.2) is 0 Å². The molecule has 1 heterocycles. The fourth-order valence-electron chi connectivity index (χ4n) is 4.20. The number of carbonyl (C=O) groups is 3. The number of nitrogens with one attached hydrogen (secondary N) is 2. The molecule has 0 aromatic heterocycles. The van der Waals surface area contributed by atoms with E-state index in [4.69, 9.17) is 0 Å². The van der Waals surface area contributed by atoms with Crippen molar-refractivity contribution in [3.05, 3.63) is 59.7 Å². The predicted octanol–water partition coefficient (Wildman–Crippen LogP) is 4.45.